The SMILES string of the molecule is CC/C=C\C/C=C\C/C=C\C/C=C\C/C=C\CCCCCCCCCCCCCCCCCCCC(=O)OCC(COC(=O)CCCCC/C=C\C/C=C\C/C=C\CC)OC(=O)CCCCCCCCCCCCCCCCCCC. The van der Waals surface area contributed by atoms with Crippen molar-refractivity contribution in [3.63, 3.8) is 0 Å². The molecule has 0 radical (unpaired) electrons. The van der Waals surface area contributed by atoms with E-state index < -0.39 is 6.10 Å². The molecule has 6 heteroatoms. The maximum absolute atomic E-state index is 12.9. The Bertz CT molecular complexity index is 1580. The molecule has 0 aromatic rings. The van der Waals surface area contributed by atoms with Crippen molar-refractivity contribution < 1.29 is 28.6 Å². The second kappa shape index (κ2) is 68.8. The molecule has 0 aliphatic heterocycles. The van der Waals surface area contributed by atoms with Crippen LogP contribution in [0.4, 0.5) is 0 Å². The summed E-state index contributed by atoms with van der Waals surface area (Å²) < 4.78 is 16.9. The minimum Gasteiger partial charge on any atom is -0.462 e. The van der Waals surface area contributed by atoms with Crippen LogP contribution >= 0.6 is 0 Å². The van der Waals surface area contributed by atoms with Gasteiger partial charge in [-0.1, -0.05) is 323 Å². The zero-order valence-corrected chi connectivity index (χ0v) is 53.5. The van der Waals surface area contributed by atoms with Gasteiger partial charge in [0.1, 0.15) is 13.2 Å². The van der Waals surface area contributed by atoms with E-state index in [0.717, 1.165) is 116 Å². The largest absolute Gasteiger partial charge is 0.462 e. The van der Waals surface area contributed by atoms with Crippen LogP contribution in [-0.2, 0) is 28.6 Å². The van der Waals surface area contributed by atoms with E-state index in [2.05, 4.69) is 118 Å². The summed E-state index contributed by atoms with van der Waals surface area (Å²) in [5.41, 5.74) is 0. The molecule has 0 aliphatic rings. The van der Waals surface area contributed by atoms with E-state index in [1.54, 1.807) is 0 Å². The van der Waals surface area contributed by atoms with Crippen LogP contribution in [0.2, 0.25) is 0 Å². The molecule has 0 N–H and O–H groups in total. The first-order valence-corrected chi connectivity index (χ1v) is 34.7. The lowest BCUT2D eigenvalue weighted by atomic mass is 10.0. The maximum atomic E-state index is 12.9. The van der Waals surface area contributed by atoms with E-state index in [1.165, 1.54) is 186 Å². The van der Waals surface area contributed by atoms with E-state index in [1.807, 2.05) is 0 Å². The van der Waals surface area contributed by atoms with Gasteiger partial charge in [-0.2, -0.15) is 0 Å². The van der Waals surface area contributed by atoms with Crippen molar-refractivity contribution in [2.45, 2.75) is 348 Å². The third-order valence-corrected chi connectivity index (χ3v) is 15.1. The van der Waals surface area contributed by atoms with E-state index in [0.29, 0.717) is 19.3 Å². The van der Waals surface area contributed by atoms with Crippen molar-refractivity contribution in [2.75, 3.05) is 13.2 Å². The molecule has 0 saturated carbocycles. The van der Waals surface area contributed by atoms with Gasteiger partial charge in [-0.15, -0.1) is 0 Å². The van der Waals surface area contributed by atoms with E-state index in [-0.39, 0.29) is 31.1 Å². The van der Waals surface area contributed by atoms with Crippen molar-refractivity contribution >= 4 is 17.9 Å². The average molecular weight is 1130 g/mol. The highest BCUT2D eigenvalue weighted by Crippen LogP contribution is 2.18. The summed E-state index contributed by atoms with van der Waals surface area (Å²) in [6, 6.07) is 0. The number of allylic oxidation sites excluding steroid dienone is 16. The van der Waals surface area contributed by atoms with Crippen LogP contribution < -0.4 is 0 Å². The highest BCUT2D eigenvalue weighted by molar-refractivity contribution is 5.71. The predicted molar refractivity (Wildman–Crippen MR) is 353 cm³/mol. The number of unbranched alkanes of at least 4 members (excludes halogenated alkanes) is 36. The lowest BCUT2D eigenvalue weighted by molar-refractivity contribution is -0.167. The zero-order valence-electron chi connectivity index (χ0n) is 53.5. The summed E-state index contributed by atoms with van der Waals surface area (Å²) in [5, 5.41) is 0. The summed E-state index contributed by atoms with van der Waals surface area (Å²) in [5.74, 6) is -0.895. The maximum Gasteiger partial charge on any atom is 0.306 e. The Kier molecular flexibility index (Phi) is 65.7. The van der Waals surface area contributed by atoms with Gasteiger partial charge in [-0.05, 0) is 96.3 Å². The fourth-order valence-corrected chi connectivity index (χ4v) is 9.96. The van der Waals surface area contributed by atoms with Crippen LogP contribution in [0.1, 0.15) is 342 Å². The van der Waals surface area contributed by atoms with Crippen LogP contribution in [0.5, 0.6) is 0 Å². The average Bonchev–Trinajstić information content (AvgIpc) is 3.46. The smallest absolute Gasteiger partial charge is 0.306 e. The molecular formula is C75H130O6. The molecule has 0 bridgehead atoms. The molecule has 0 fully saturated rings. The quantitative estimate of drug-likeness (QED) is 0.0261. The fraction of sp³-hybridized carbons (Fsp3) is 0.747. The molecule has 0 amide bonds. The summed E-state index contributed by atoms with van der Waals surface area (Å²) >= 11 is 0. The van der Waals surface area contributed by atoms with E-state index in [4.69, 9.17) is 14.2 Å². The number of ether oxygens (including phenoxy) is 3. The Balaban J connectivity index is 4.17. The third kappa shape index (κ3) is 67.0. The molecule has 6 nitrogen and oxygen atoms in total. The van der Waals surface area contributed by atoms with Crippen LogP contribution in [0.25, 0.3) is 0 Å². The van der Waals surface area contributed by atoms with Gasteiger partial charge in [0.15, 0.2) is 6.10 Å². The van der Waals surface area contributed by atoms with Crippen molar-refractivity contribution in [3.05, 3.63) is 97.2 Å². The molecular weight excluding hydrogens is 997 g/mol. The zero-order chi connectivity index (χ0) is 58.5. The first kappa shape index (κ1) is 77.3. The summed E-state index contributed by atoms with van der Waals surface area (Å²) in [4.78, 5) is 38.3. The normalized spacial score (nSPS) is 12.7. The molecule has 0 aliphatic carbocycles. The Morgan fingerprint density at radius 3 is 0.765 bits per heavy atom. The van der Waals surface area contributed by atoms with Crippen molar-refractivity contribution in [2.24, 2.45) is 0 Å². The molecule has 0 heterocycles. The Morgan fingerprint density at radius 2 is 0.481 bits per heavy atom. The summed E-state index contributed by atoms with van der Waals surface area (Å²) in [7, 11) is 0. The topological polar surface area (TPSA) is 78.9 Å². The third-order valence-electron chi connectivity index (χ3n) is 15.1. The first-order chi connectivity index (χ1) is 40.0. The van der Waals surface area contributed by atoms with Crippen LogP contribution in [-0.4, -0.2) is 37.2 Å². The number of carbonyl (C=O) groups excluding carboxylic acids is 3. The second-order valence-corrected chi connectivity index (χ2v) is 23.0. The molecule has 0 spiro atoms. The second-order valence-electron chi connectivity index (χ2n) is 23.0. The number of carbonyl (C=O) groups is 3. The standard InChI is InChI=1S/C75H130O6/c1-4-7-10-13-16-19-22-25-27-29-30-31-32-33-34-35-36-37-38-39-40-41-42-43-44-46-47-50-53-56-59-62-65-68-74(77)80-71-72(70-79-73(76)67-64-61-58-55-52-49-24-21-18-15-12-9-6-3)81-75(78)69-66-63-60-57-54-51-48-45-28-26-23-20-17-14-11-8-5-2/h7,9-10,12,16,18-19,21,25,27,30-31,33-34,49,52,72H,4-6,8,11,13-15,17,20,22-24,26,28-29,32,35-48,50-51,53-71H2,1-3H3/b10-7-,12-9-,19-16-,21-18-,27-25-,31-30-,34-33-,52-49-. The number of rotatable bonds is 63. The lowest BCUT2D eigenvalue weighted by Crippen LogP contribution is -2.30. The Labute approximate surface area is 502 Å². The molecule has 0 saturated heterocycles. The number of hydrogen-bond donors (Lipinski definition) is 0. The predicted octanol–water partition coefficient (Wildman–Crippen LogP) is 24.0. The highest BCUT2D eigenvalue weighted by atomic mass is 16.6. The van der Waals surface area contributed by atoms with Gasteiger partial charge in [0.05, 0.1) is 0 Å². The Hall–Kier alpha value is -3.67. The highest BCUT2D eigenvalue weighted by Gasteiger charge is 2.19. The van der Waals surface area contributed by atoms with Gasteiger partial charge in [0.25, 0.3) is 0 Å². The molecule has 1 unspecified atom stereocenters. The van der Waals surface area contributed by atoms with Gasteiger partial charge < -0.3 is 14.2 Å². The summed E-state index contributed by atoms with van der Waals surface area (Å²) in [6.07, 6.45) is 93.0. The van der Waals surface area contributed by atoms with Gasteiger partial charge in [-0.3, -0.25) is 14.4 Å². The minimum absolute atomic E-state index is 0.0820. The summed E-state index contributed by atoms with van der Waals surface area (Å²) in [6.45, 7) is 6.43. The number of hydrogen-bond acceptors (Lipinski definition) is 6. The first-order valence-electron chi connectivity index (χ1n) is 34.7. The molecule has 1 atom stereocenters. The fourth-order valence-electron chi connectivity index (χ4n) is 9.96. The van der Waals surface area contributed by atoms with E-state index in [9.17, 15) is 14.4 Å². The van der Waals surface area contributed by atoms with Gasteiger partial charge in [0.2, 0.25) is 0 Å². The molecule has 0 aromatic carbocycles. The van der Waals surface area contributed by atoms with Gasteiger partial charge in [-0.25, -0.2) is 0 Å². The Morgan fingerprint density at radius 1 is 0.259 bits per heavy atom. The molecule has 466 valence electrons. The van der Waals surface area contributed by atoms with Crippen molar-refractivity contribution in [3.8, 4) is 0 Å². The lowest BCUT2D eigenvalue weighted by Gasteiger charge is -2.18. The van der Waals surface area contributed by atoms with Gasteiger partial charge >= 0.3 is 17.9 Å². The molecule has 0 aromatic heterocycles. The van der Waals surface area contributed by atoms with Crippen LogP contribution in [0.3, 0.4) is 0 Å². The van der Waals surface area contributed by atoms with Crippen molar-refractivity contribution in [1.82, 2.24) is 0 Å². The van der Waals surface area contributed by atoms with Crippen LogP contribution in [0, 0.1) is 0 Å². The van der Waals surface area contributed by atoms with Gasteiger partial charge in [0, 0.05) is 19.3 Å². The van der Waals surface area contributed by atoms with E-state index >= 15 is 0 Å². The number of esters is 3. The van der Waals surface area contributed by atoms with Crippen molar-refractivity contribution in [1.29, 1.82) is 0 Å². The monoisotopic (exact) mass is 1130 g/mol. The molecule has 0 rings (SSSR count). The van der Waals surface area contributed by atoms with Crippen LogP contribution in [0.15, 0.2) is 97.2 Å². The molecule has 81 heavy (non-hydrogen) atoms. The minimum atomic E-state index is -0.787.